The number of ether oxygens (including phenoxy) is 1. The van der Waals surface area contributed by atoms with Gasteiger partial charge < -0.3 is 29.8 Å². The molecule has 3 fully saturated rings. The summed E-state index contributed by atoms with van der Waals surface area (Å²) in [5, 5.41) is 20.6. The number of nitrogens with one attached hydrogen (secondary N) is 2. The Morgan fingerprint density at radius 1 is 1.31 bits per heavy atom. The summed E-state index contributed by atoms with van der Waals surface area (Å²) in [4.78, 5) is 50.3. The van der Waals surface area contributed by atoms with Gasteiger partial charge in [0.15, 0.2) is 5.69 Å². The Hall–Kier alpha value is -3.58. The fourth-order valence-corrected chi connectivity index (χ4v) is 5.41. The van der Waals surface area contributed by atoms with E-state index in [4.69, 9.17) is 29.1 Å². The van der Waals surface area contributed by atoms with Crippen molar-refractivity contribution in [2.45, 2.75) is 44.9 Å². The number of aromatic nitrogens is 3. The molecule has 5 heterocycles. The highest BCUT2D eigenvalue weighted by Gasteiger charge is 2.62. The molecule has 0 aromatic carbocycles. The Morgan fingerprint density at radius 2 is 2.03 bits per heavy atom. The van der Waals surface area contributed by atoms with Gasteiger partial charge in [0.05, 0.1) is 17.4 Å². The number of hydrogen-bond donors (Lipinski definition) is 4. The van der Waals surface area contributed by atoms with Gasteiger partial charge in [0.2, 0.25) is 0 Å². The molecule has 3 aliphatic heterocycles. The molecule has 0 aliphatic carbocycles. The number of rotatable bonds is 5. The van der Waals surface area contributed by atoms with E-state index in [9.17, 15) is 9.59 Å². The molecule has 1 spiro atoms. The molecule has 13 nitrogen and oxygen atoms in total. The van der Waals surface area contributed by atoms with Crippen LogP contribution in [-0.2, 0) is 20.9 Å². The van der Waals surface area contributed by atoms with Gasteiger partial charge in [-0.15, -0.1) is 0 Å². The molecule has 190 valence electrons. The Morgan fingerprint density at radius 3 is 2.66 bits per heavy atom. The number of aromatic amines is 1. The molecule has 3 saturated heterocycles. The van der Waals surface area contributed by atoms with Crippen LogP contribution in [0.5, 0.6) is 0 Å². The van der Waals surface area contributed by atoms with Gasteiger partial charge in [0.1, 0.15) is 11.6 Å². The van der Waals surface area contributed by atoms with Crippen LogP contribution in [-0.4, -0.2) is 80.4 Å². The van der Waals surface area contributed by atoms with Crippen molar-refractivity contribution in [2.75, 3.05) is 19.6 Å². The second kappa shape index (κ2) is 11.2. The molecule has 4 N–H and O–H groups in total. The second-order valence-electron chi connectivity index (χ2n) is 8.77. The van der Waals surface area contributed by atoms with Crippen LogP contribution in [0.25, 0.3) is 0 Å². The maximum absolute atomic E-state index is 12.4. The molecule has 0 radical (unpaired) electrons. The minimum atomic E-state index is -0.250. The van der Waals surface area contributed by atoms with Crippen molar-refractivity contribution < 1.29 is 33.9 Å². The summed E-state index contributed by atoms with van der Waals surface area (Å²) in [6.45, 7) is 5.98. The van der Waals surface area contributed by atoms with Crippen LogP contribution < -0.4 is 10.9 Å². The first-order valence-electron chi connectivity index (χ1n) is 11.1. The molecule has 0 saturated carbocycles. The average molecular weight is 492 g/mol. The van der Waals surface area contributed by atoms with E-state index in [1.807, 2.05) is 0 Å². The SMILES string of the molecule is Cc1nc(CN2C[C@@H]3[C@H](CNC(=O)c4cc(C)on4)[C@H]4CC[C@]3(C2)O4)cc(=O)[nH]1.O=CO.O=CO. The van der Waals surface area contributed by atoms with Crippen LogP contribution in [0.4, 0.5) is 0 Å². The van der Waals surface area contributed by atoms with E-state index in [0.29, 0.717) is 36.3 Å². The van der Waals surface area contributed by atoms with Crippen molar-refractivity contribution in [3.8, 4) is 0 Å². The molecular formula is C22H29N5O8. The lowest BCUT2D eigenvalue weighted by molar-refractivity contribution is -0.123. The Balaban J connectivity index is 0.000000520. The zero-order chi connectivity index (χ0) is 25.6. The number of amides is 1. The zero-order valence-electron chi connectivity index (χ0n) is 19.5. The highest BCUT2D eigenvalue weighted by molar-refractivity contribution is 5.92. The summed E-state index contributed by atoms with van der Waals surface area (Å²) >= 11 is 0. The molecule has 35 heavy (non-hydrogen) atoms. The number of carboxylic acid groups (broad SMARTS) is 2. The van der Waals surface area contributed by atoms with E-state index in [2.05, 4.69) is 25.3 Å². The lowest BCUT2D eigenvalue weighted by atomic mass is 9.73. The molecular weight excluding hydrogens is 462 g/mol. The minimum Gasteiger partial charge on any atom is -0.483 e. The molecule has 13 heteroatoms. The van der Waals surface area contributed by atoms with E-state index < -0.39 is 0 Å². The molecule has 4 atom stereocenters. The predicted molar refractivity (Wildman–Crippen MR) is 120 cm³/mol. The second-order valence-corrected chi connectivity index (χ2v) is 8.77. The van der Waals surface area contributed by atoms with E-state index in [0.717, 1.165) is 31.6 Å². The van der Waals surface area contributed by atoms with Crippen molar-refractivity contribution in [2.24, 2.45) is 11.8 Å². The van der Waals surface area contributed by atoms with Crippen LogP contribution in [0.1, 0.15) is 40.6 Å². The van der Waals surface area contributed by atoms with E-state index in [1.165, 1.54) is 0 Å². The molecule has 1 amide bonds. The Labute approximate surface area is 200 Å². The molecule has 2 aromatic rings. The van der Waals surface area contributed by atoms with Crippen molar-refractivity contribution in [1.82, 2.24) is 25.3 Å². The van der Waals surface area contributed by atoms with E-state index >= 15 is 0 Å². The van der Waals surface area contributed by atoms with Crippen molar-refractivity contribution in [1.29, 1.82) is 0 Å². The number of carbonyl (C=O) groups is 3. The lowest BCUT2D eigenvalue weighted by Gasteiger charge is -2.29. The largest absolute Gasteiger partial charge is 0.483 e. The van der Waals surface area contributed by atoms with Crippen LogP contribution in [0.3, 0.4) is 0 Å². The number of likely N-dealkylation sites (tertiary alicyclic amines) is 1. The normalized spacial score (nSPS) is 26.1. The van der Waals surface area contributed by atoms with Crippen LogP contribution in [0.2, 0.25) is 0 Å². The smallest absolute Gasteiger partial charge is 0.290 e. The van der Waals surface area contributed by atoms with Crippen LogP contribution in [0, 0.1) is 25.7 Å². The first-order chi connectivity index (χ1) is 16.7. The summed E-state index contributed by atoms with van der Waals surface area (Å²) in [5.41, 5.74) is 0.834. The van der Waals surface area contributed by atoms with Gasteiger partial charge in [-0.05, 0) is 26.7 Å². The van der Waals surface area contributed by atoms with E-state index in [1.54, 1.807) is 26.0 Å². The standard InChI is InChI=1S/C20H25N5O4.2CH2O2/c1-11-5-16(24-29-11)19(27)21-7-14-15-9-25(10-20(15)4-3-17(14)28-20)8-13-6-18(26)23-12(2)22-13;2*2-1-3/h5-6,14-15,17H,3-4,7-10H2,1-2H3,(H,21,27)(H,22,23,26);2*1H,(H,2,3)/t14-,15+,17+,20+;;/m0../s1. The topological polar surface area (TPSA) is 188 Å². The van der Waals surface area contributed by atoms with Gasteiger partial charge in [-0.3, -0.25) is 24.1 Å². The maximum atomic E-state index is 12.4. The summed E-state index contributed by atoms with van der Waals surface area (Å²) in [6.07, 6.45) is 2.27. The monoisotopic (exact) mass is 491 g/mol. The quantitative estimate of drug-likeness (QED) is 0.418. The summed E-state index contributed by atoms with van der Waals surface area (Å²) in [7, 11) is 0. The third-order valence-electron chi connectivity index (χ3n) is 6.51. The number of H-pyrrole nitrogens is 1. The number of fused-ring (bicyclic) bond motifs is 1. The average Bonchev–Trinajstić information content (AvgIpc) is 3.53. The maximum Gasteiger partial charge on any atom is 0.290 e. The van der Waals surface area contributed by atoms with Gasteiger partial charge in [-0.25, -0.2) is 4.98 Å². The van der Waals surface area contributed by atoms with E-state index in [-0.39, 0.29) is 42.0 Å². The fraction of sp³-hybridized carbons (Fsp3) is 0.545. The molecule has 0 unspecified atom stereocenters. The molecule has 2 bridgehead atoms. The predicted octanol–water partition coefficient (Wildman–Crippen LogP) is 0.186. The third kappa shape index (κ3) is 5.92. The zero-order valence-corrected chi connectivity index (χ0v) is 19.5. The van der Waals surface area contributed by atoms with Crippen molar-refractivity contribution >= 4 is 18.9 Å². The Kier molecular flexibility index (Phi) is 8.35. The minimum absolute atomic E-state index is 0.120. The van der Waals surface area contributed by atoms with Gasteiger partial charge in [0, 0.05) is 50.1 Å². The van der Waals surface area contributed by atoms with Gasteiger partial charge >= 0.3 is 0 Å². The number of aryl methyl sites for hydroxylation is 2. The van der Waals surface area contributed by atoms with Gasteiger partial charge in [-0.1, -0.05) is 5.16 Å². The van der Waals surface area contributed by atoms with Crippen LogP contribution >= 0.6 is 0 Å². The summed E-state index contributed by atoms with van der Waals surface area (Å²) < 4.78 is 11.4. The molecule has 2 aromatic heterocycles. The first-order valence-corrected chi connectivity index (χ1v) is 11.1. The third-order valence-corrected chi connectivity index (χ3v) is 6.51. The fourth-order valence-electron chi connectivity index (χ4n) is 5.41. The first kappa shape index (κ1) is 26.0. The number of carbonyl (C=O) groups excluding carboxylic acids is 1. The van der Waals surface area contributed by atoms with Crippen LogP contribution in [0.15, 0.2) is 21.5 Å². The molecule has 5 rings (SSSR count). The van der Waals surface area contributed by atoms with Gasteiger partial charge in [0.25, 0.3) is 24.4 Å². The van der Waals surface area contributed by atoms with Crippen molar-refractivity contribution in [3.63, 3.8) is 0 Å². The number of hydrogen-bond acceptors (Lipinski definition) is 9. The highest BCUT2D eigenvalue weighted by Crippen LogP contribution is 2.54. The van der Waals surface area contributed by atoms with Crippen molar-refractivity contribution in [3.05, 3.63) is 45.5 Å². The van der Waals surface area contributed by atoms with Gasteiger partial charge in [-0.2, -0.15) is 0 Å². The highest BCUT2D eigenvalue weighted by atomic mass is 16.5. The summed E-state index contributed by atoms with van der Waals surface area (Å²) in [5.74, 6) is 1.68. The summed E-state index contributed by atoms with van der Waals surface area (Å²) in [6, 6.07) is 3.21. The molecule has 3 aliphatic rings. The lowest BCUT2D eigenvalue weighted by Crippen LogP contribution is -2.42. The Bertz CT molecular complexity index is 1100. The number of nitrogens with zero attached hydrogens (tertiary/aromatic N) is 3.